The number of carbonyl (C=O) groups is 1. The first-order valence-corrected chi connectivity index (χ1v) is 6.61. The second-order valence-electron chi connectivity index (χ2n) is 4.52. The van der Waals surface area contributed by atoms with Crippen LogP contribution in [-0.4, -0.2) is 25.7 Å². The van der Waals surface area contributed by atoms with Crippen molar-refractivity contribution in [2.75, 3.05) is 13.7 Å². The Morgan fingerprint density at radius 1 is 1.45 bits per heavy atom. The minimum atomic E-state index is -0.169. The molecule has 0 saturated carbocycles. The van der Waals surface area contributed by atoms with Gasteiger partial charge in [0.25, 0.3) is 5.91 Å². The molecule has 0 spiro atoms. The van der Waals surface area contributed by atoms with Crippen molar-refractivity contribution >= 4 is 5.91 Å². The average Bonchev–Trinajstić information content (AvgIpc) is 2.45. The highest BCUT2D eigenvalue weighted by molar-refractivity contribution is 5.77. The molecule has 0 aromatic heterocycles. The largest absolute Gasteiger partial charge is 0.493 e. The van der Waals surface area contributed by atoms with Crippen molar-refractivity contribution in [3.63, 3.8) is 0 Å². The second kappa shape index (κ2) is 8.05. The first-order chi connectivity index (χ1) is 9.60. The molecule has 0 aliphatic carbocycles. The summed E-state index contributed by atoms with van der Waals surface area (Å²) in [5.41, 5.74) is 0.482. The van der Waals surface area contributed by atoms with E-state index in [2.05, 4.69) is 12.2 Å². The van der Waals surface area contributed by atoms with Gasteiger partial charge in [0.15, 0.2) is 18.1 Å². The molecular formula is C15H20N2O3. The fraction of sp³-hybridized carbons (Fsp3) is 0.467. The van der Waals surface area contributed by atoms with E-state index in [1.807, 2.05) is 13.0 Å². The van der Waals surface area contributed by atoms with Gasteiger partial charge in [-0.2, -0.15) is 5.26 Å². The summed E-state index contributed by atoms with van der Waals surface area (Å²) in [7, 11) is 1.49. The van der Waals surface area contributed by atoms with Crippen molar-refractivity contribution in [3.8, 4) is 17.6 Å². The second-order valence-corrected chi connectivity index (χ2v) is 4.52. The minimum absolute atomic E-state index is 0.0731. The summed E-state index contributed by atoms with van der Waals surface area (Å²) in [4.78, 5) is 11.7. The highest BCUT2D eigenvalue weighted by atomic mass is 16.5. The molecule has 0 aliphatic rings. The predicted molar refractivity (Wildman–Crippen MR) is 75.7 cm³/mol. The number of amides is 1. The Morgan fingerprint density at radius 2 is 2.20 bits per heavy atom. The van der Waals surface area contributed by atoms with Gasteiger partial charge in [-0.25, -0.2) is 0 Å². The van der Waals surface area contributed by atoms with E-state index < -0.39 is 0 Å². The van der Waals surface area contributed by atoms with E-state index in [-0.39, 0.29) is 18.6 Å². The van der Waals surface area contributed by atoms with E-state index in [9.17, 15) is 4.79 Å². The SMILES string of the molecule is CCCC(C)NC(=O)COc1ccc(C#N)cc1OC. The van der Waals surface area contributed by atoms with Gasteiger partial charge in [0.05, 0.1) is 18.7 Å². The molecule has 1 N–H and O–H groups in total. The summed E-state index contributed by atoms with van der Waals surface area (Å²) >= 11 is 0. The number of nitrogens with one attached hydrogen (secondary N) is 1. The predicted octanol–water partition coefficient (Wildman–Crippen LogP) is 2.25. The van der Waals surface area contributed by atoms with E-state index in [1.165, 1.54) is 7.11 Å². The van der Waals surface area contributed by atoms with Crippen molar-refractivity contribution in [1.29, 1.82) is 5.26 Å². The number of benzene rings is 1. The fourth-order valence-electron chi connectivity index (χ4n) is 1.82. The van der Waals surface area contributed by atoms with E-state index in [1.54, 1.807) is 18.2 Å². The third kappa shape index (κ3) is 4.81. The molecule has 108 valence electrons. The summed E-state index contributed by atoms with van der Waals surface area (Å²) in [5.74, 6) is 0.723. The lowest BCUT2D eigenvalue weighted by molar-refractivity contribution is -0.123. The van der Waals surface area contributed by atoms with Crippen molar-refractivity contribution in [2.24, 2.45) is 0 Å². The maximum Gasteiger partial charge on any atom is 0.258 e. The van der Waals surface area contributed by atoms with E-state index in [4.69, 9.17) is 14.7 Å². The fourth-order valence-corrected chi connectivity index (χ4v) is 1.82. The molecule has 20 heavy (non-hydrogen) atoms. The van der Waals surface area contributed by atoms with E-state index >= 15 is 0 Å². The topological polar surface area (TPSA) is 71.3 Å². The molecule has 1 amide bonds. The summed E-state index contributed by atoms with van der Waals surface area (Å²) in [5, 5.41) is 11.7. The van der Waals surface area contributed by atoms with E-state index in [0.717, 1.165) is 12.8 Å². The zero-order chi connectivity index (χ0) is 15.0. The van der Waals surface area contributed by atoms with Crippen LogP contribution in [0.4, 0.5) is 0 Å². The molecule has 5 heteroatoms. The average molecular weight is 276 g/mol. The minimum Gasteiger partial charge on any atom is -0.493 e. The first-order valence-electron chi connectivity index (χ1n) is 6.61. The molecule has 1 aromatic carbocycles. The molecule has 0 fully saturated rings. The zero-order valence-electron chi connectivity index (χ0n) is 12.1. The highest BCUT2D eigenvalue weighted by Gasteiger charge is 2.10. The standard InChI is InChI=1S/C15H20N2O3/c1-4-5-11(2)17-15(18)10-20-13-7-6-12(9-16)8-14(13)19-3/h6-8,11H,4-5,10H2,1-3H3,(H,17,18). The van der Waals surface area contributed by atoms with Gasteiger partial charge < -0.3 is 14.8 Å². The maximum atomic E-state index is 11.7. The normalized spacial score (nSPS) is 11.3. The lowest BCUT2D eigenvalue weighted by Crippen LogP contribution is -2.35. The number of methoxy groups -OCH3 is 1. The molecule has 5 nitrogen and oxygen atoms in total. The van der Waals surface area contributed by atoms with Crippen LogP contribution >= 0.6 is 0 Å². The van der Waals surface area contributed by atoms with Crippen LogP contribution in [0, 0.1) is 11.3 Å². The van der Waals surface area contributed by atoms with Gasteiger partial charge in [-0.3, -0.25) is 4.79 Å². The molecule has 1 aromatic rings. The first kappa shape index (κ1) is 15.8. The Labute approximate surface area is 119 Å². The lowest BCUT2D eigenvalue weighted by atomic mass is 10.2. The molecule has 0 bridgehead atoms. The van der Waals surface area contributed by atoms with Crippen LogP contribution in [0.1, 0.15) is 32.3 Å². The van der Waals surface area contributed by atoms with Crippen LogP contribution < -0.4 is 14.8 Å². The highest BCUT2D eigenvalue weighted by Crippen LogP contribution is 2.27. The van der Waals surface area contributed by atoms with Crippen molar-refractivity contribution < 1.29 is 14.3 Å². The number of hydrogen-bond donors (Lipinski definition) is 1. The van der Waals surface area contributed by atoms with Crippen LogP contribution in [-0.2, 0) is 4.79 Å². The molecule has 0 heterocycles. The molecule has 0 saturated heterocycles. The number of carbonyl (C=O) groups excluding carboxylic acids is 1. The maximum absolute atomic E-state index is 11.7. The van der Waals surface area contributed by atoms with Gasteiger partial charge in [0.1, 0.15) is 0 Å². The number of nitrogens with zero attached hydrogens (tertiary/aromatic N) is 1. The van der Waals surface area contributed by atoms with Gasteiger partial charge in [0.2, 0.25) is 0 Å². The van der Waals surface area contributed by atoms with Gasteiger partial charge >= 0.3 is 0 Å². The summed E-state index contributed by atoms with van der Waals surface area (Å²) in [6, 6.07) is 6.98. The quantitative estimate of drug-likeness (QED) is 0.829. The van der Waals surface area contributed by atoms with Crippen molar-refractivity contribution in [1.82, 2.24) is 5.32 Å². The Morgan fingerprint density at radius 3 is 2.80 bits per heavy atom. The molecule has 1 unspecified atom stereocenters. The number of rotatable bonds is 7. The zero-order valence-corrected chi connectivity index (χ0v) is 12.1. The van der Waals surface area contributed by atoms with Crippen LogP contribution in [0.25, 0.3) is 0 Å². The van der Waals surface area contributed by atoms with Gasteiger partial charge in [-0.1, -0.05) is 13.3 Å². The molecule has 1 rings (SSSR count). The third-order valence-corrected chi connectivity index (χ3v) is 2.78. The lowest BCUT2D eigenvalue weighted by Gasteiger charge is -2.14. The Balaban J connectivity index is 2.57. The van der Waals surface area contributed by atoms with Crippen LogP contribution in [0.3, 0.4) is 0 Å². The van der Waals surface area contributed by atoms with Crippen molar-refractivity contribution in [2.45, 2.75) is 32.7 Å². The monoisotopic (exact) mass is 276 g/mol. The number of hydrogen-bond acceptors (Lipinski definition) is 4. The summed E-state index contributed by atoms with van der Waals surface area (Å²) in [6.07, 6.45) is 1.96. The Kier molecular flexibility index (Phi) is 6.38. The molecule has 0 radical (unpaired) electrons. The Hall–Kier alpha value is -2.22. The van der Waals surface area contributed by atoms with Gasteiger partial charge in [-0.05, 0) is 25.5 Å². The molecule has 0 aliphatic heterocycles. The van der Waals surface area contributed by atoms with Crippen molar-refractivity contribution in [3.05, 3.63) is 23.8 Å². The van der Waals surface area contributed by atoms with Gasteiger partial charge in [-0.15, -0.1) is 0 Å². The van der Waals surface area contributed by atoms with Gasteiger partial charge in [0, 0.05) is 12.1 Å². The summed E-state index contributed by atoms with van der Waals surface area (Å²) < 4.78 is 10.6. The van der Waals surface area contributed by atoms with E-state index in [0.29, 0.717) is 17.1 Å². The smallest absolute Gasteiger partial charge is 0.258 e. The Bertz CT molecular complexity index is 494. The number of ether oxygens (including phenoxy) is 2. The third-order valence-electron chi connectivity index (χ3n) is 2.78. The van der Waals surface area contributed by atoms with Crippen LogP contribution in [0.5, 0.6) is 11.5 Å². The van der Waals surface area contributed by atoms with Crippen LogP contribution in [0.15, 0.2) is 18.2 Å². The molecule has 1 atom stereocenters. The number of nitriles is 1. The molecular weight excluding hydrogens is 256 g/mol. The summed E-state index contributed by atoms with van der Waals surface area (Å²) in [6.45, 7) is 3.96. The van der Waals surface area contributed by atoms with Crippen LogP contribution in [0.2, 0.25) is 0 Å².